The minimum Gasteiger partial charge on any atom is -0.494 e. The second-order valence-corrected chi connectivity index (χ2v) is 13.4. The maximum atomic E-state index is 12.4. The highest BCUT2D eigenvalue weighted by molar-refractivity contribution is 5.53. The summed E-state index contributed by atoms with van der Waals surface area (Å²) in [6.07, 6.45) is 10.6. The zero-order valence-electron chi connectivity index (χ0n) is 29.6. The summed E-state index contributed by atoms with van der Waals surface area (Å²) in [6.45, 7) is 5.57. The minimum atomic E-state index is -1.44. The fourth-order valence-corrected chi connectivity index (χ4v) is 7.85. The Bertz CT molecular complexity index is 1950. The van der Waals surface area contributed by atoms with Crippen LogP contribution in [-0.4, -0.2) is 47.9 Å². The van der Waals surface area contributed by atoms with Gasteiger partial charge in [0.2, 0.25) is 0 Å². The largest absolute Gasteiger partial charge is 0.494 e. The third-order valence-corrected chi connectivity index (χ3v) is 10.6. The molecule has 0 fully saturated rings. The van der Waals surface area contributed by atoms with Crippen LogP contribution in [0.5, 0.6) is 35.0 Å². The van der Waals surface area contributed by atoms with Gasteiger partial charge in [-0.25, -0.2) is 0 Å². The Morgan fingerprint density at radius 2 is 0.981 bits per heavy atom. The summed E-state index contributed by atoms with van der Waals surface area (Å²) >= 11 is 0. The Balaban J connectivity index is 1.03. The van der Waals surface area contributed by atoms with E-state index in [9.17, 15) is 25.5 Å². The lowest BCUT2D eigenvalue weighted by Crippen LogP contribution is -2.28. The van der Waals surface area contributed by atoms with Gasteiger partial charge in [0.1, 0.15) is 17.1 Å². The third kappa shape index (κ3) is 6.19. The van der Waals surface area contributed by atoms with Crippen molar-refractivity contribution in [1.82, 2.24) is 9.13 Å². The molecule has 9 heteroatoms. The summed E-state index contributed by atoms with van der Waals surface area (Å²) in [6, 6.07) is 24.5. The van der Waals surface area contributed by atoms with E-state index in [1.54, 1.807) is 0 Å². The fraction of sp³-hybridized carbons (Fsp3) is 0.302. The van der Waals surface area contributed by atoms with Gasteiger partial charge in [-0.05, 0) is 80.5 Å². The lowest BCUT2D eigenvalue weighted by Gasteiger charge is -2.30. The first kappa shape index (κ1) is 34.9. The van der Waals surface area contributed by atoms with Crippen LogP contribution in [0, 0.1) is 0 Å². The van der Waals surface area contributed by atoms with E-state index in [-0.39, 0.29) is 35.4 Å². The van der Waals surface area contributed by atoms with Crippen molar-refractivity contribution >= 4 is 0 Å². The molecular formula is C43H46N2O7. The predicted molar refractivity (Wildman–Crippen MR) is 200 cm³/mol. The van der Waals surface area contributed by atoms with Crippen LogP contribution >= 0.6 is 0 Å². The third-order valence-electron chi connectivity index (χ3n) is 10.6. The van der Waals surface area contributed by atoms with Crippen LogP contribution < -0.4 is 9.47 Å². The van der Waals surface area contributed by atoms with Crippen LogP contribution in [0.3, 0.4) is 0 Å². The van der Waals surface area contributed by atoms with Crippen molar-refractivity contribution in [3.05, 3.63) is 142 Å². The number of fused-ring (bicyclic) bond motifs is 2. The summed E-state index contributed by atoms with van der Waals surface area (Å²) in [5, 5.41) is 55.1. The van der Waals surface area contributed by atoms with E-state index in [0.717, 1.165) is 27.8 Å². The van der Waals surface area contributed by atoms with Gasteiger partial charge in [0.15, 0.2) is 23.5 Å². The van der Waals surface area contributed by atoms with E-state index in [1.165, 1.54) is 9.13 Å². The topological polar surface area (TPSA) is 129 Å². The standard InChI is InChI=1S/C43H46N2O7/c1-3-44-39(46)35-14-8-10-28(37(35)41(44)48)24-26-51-33-20-16-31(17-21-33)43(50,30-12-6-5-7-13-30)32-18-22-34(23-19-32)52-27-25-29-11-9-15-36-38(29)42(49)45(4-2)40(36)47/h5-13,16-23,28-29,46-50H,3-4,14-15,24-27H2,1-2H3. The zero-order chi connectivity index (χ0) is 36.4. The SMILES string of the molecule is CCn1c(O)c2c(c1O)C(CCOc1ccc(C(O)(c3ccccc3)c3ccc(OCCC4C=CCc5c4c(O)n(CC)c5O)cc3)cc1)C=CC2. The highest BCUT2D eigenvalue weighted by Crippen LogP contribution is 2.45. The number of hydrogen-bond acceptors (Lipinski definition) is 7. The van der Waals surface area contributed by atoms with E-state index >= 15 is 0 Å². The molecule has 0 saturated heterocycles. The average molecular weight is 703 g/mol. The maximum Gasteiger partial charge on any atom is 0.198 e. The lowest BCUT2D eigenvalue weighted by atomic mass is 9.80. The van der Waals surface area contributed by atoms with Crippen LogP contribution in [0.15, 0.2) is 103 Å². The number of hydrogen-bond donors (Lipinski definition) is 5. The van der Waals surface area contributed by atoms with Gasteiger partial charge in [-0.1, -0.05) is 78.9 Å². The number of aromatic nitrogens is 2. The molecule has 0 amide bonds. The smallest absolute Gasteiger partial charge is 0.198 e. The molecular weight excluding hydrogens is 656 g/mol. The van der Waals surface area contributed by atoms with Crippen LogP contribution in [0.1, 0.15) is 77.5 Å². The molecule has 0 bridgehead atoms. The monoisotopic (exact) mass is 702 g/mol. The van der Waals surface area contributed by atoms with Crippen LogP contribution in [0.2, 0.25) is 0 Å². The van der Waals surface area contributed by atoms with E-state index in [1.807, 2.05) is 105 Å². The van der Waals surface area contributed by atoms with Crippen LogP contribution in [0.4, 0.5) is 0 Å². The van der Waals surface area contributed by atoms with Crippen molar-refractivity contribution in [2.24, 2.45) is 0 Å². The molecule has 0 aliphatic heterocycles. The first-order valence-electron chi connectivity index (χ1n) is 18.1. The summed E-state index contributed by atoms with van der Waals surface area (Å²) in [4.78, 5) is 0. The Morgan fingerprint density at radius 3 is 1.38 bits per heavy atom. The highest BCUT2D eigenvalue weighted by atomic mass is 16.5. The number of ether oxygens (including phenoxy) is 2. The summed E-state index contributed by atoms with van der Waals surface area (Å²) < 4.78 is 15.3. The quantitative estimate of drug-likeness (QED) is 0.0627. The molecule has 0 spiro atoms. The Labute approximate surface area is 304 Å². The van der Waals surface area contributed by atoms with Gasteiger partial charge in [0.05, 0.1) is 13.2 Å². The summed E-state index contributed by atoms with van der Waals surface area (Å²) in [5.74, 6) is 1.70. The molecule has 2 atom stereocenters. The van der Waals surface area contributed by atoms with Crippen LogP contribution in [-0.2, 0) is 31.5 Å². The molecule has 2 aliphatic carbocycles. The number of allylic oxidation sites excluding steroid dienone is 4. The van der Waals surface area contributed by atoms with E-state index < -0.39 is 5.60 Å². The summed E-state index contributed by atoms with van der Waals surface area (Å²) in [5.41, 5.74) is 3.74. The molecule has 52 heavy (non-hydrogen) atoms. The molecule has 5 N–H and O–H groups in total. The first-order valence-corrected chi connectivity index (χ1v) is 18.1. The van der Waals surface area contributed by atoms with Crippen molar-refractivity contribution in [2.45, 2.75) is 70.1 Å². The number of rotatable bonds is 13. The van der Waals surface area contributed by atoms with Crippen molar-refractivity contribution < 1.29 is 35.0 Å². The Morgan fingerprint density at radius 1 is 0.577 bits per heavy atom. The number of aromatic hydroxyl groups is 4. The second-order valence-electron chi connectivity index (χ2n) is 13.4. The van der Waals surface area contributed by atoms with Crippen molar-refractivity contribution in [1.29, 1.82) is 0 Å². The van der Waals surface area contributed by atoms with Crippen molar-refractivity contribution in [2.75, 3.05) is 13.2 Å². The molecule has 9 nitrogen and oxygen atoms in total. The molecule has 7 rings (SSSR count). The second kappa shape index (κ2) is 14.6. The van der Waals surface area contributed by atoms with Crippen LogP contribution in [0.25, 0.3) is 0 Å². The molecule has 0 saturated carbocycles. The number of aliphatic hydroxyl groups is 1. The maximum absolute atomic E-state index is 12.4. The van der Waals surface area contributed by atoms with Gasteiger partial charge >= 0.3 is 0 Å². The molecule has 270 valence electrons. The van der Waals surface area contributed by atoms with Gasteiger partial charge in [-0.3, -0.25) is 9.13 Å². The van der Waals surface area contributed by atoms with E-state index in [0.29, 0.717) is 74.6 Å². The van der Waals surface area contributed by atoms with Gasteiger partial charge in [-0.2, -0.15) is 0 Å². The number of nitrogens with zero attached hydrogens (tertiary/aromatic N) is 2. The minimum absolute atomic E-state index is 0.0646. The van der Waals surface area contributed by atoms with Gasteiger partial charge in [0, 0.05) is 47.2 Å². The molecule has 0 radical (unpaired) electrons. The molecule has 3 aromatic carbocycles. The van der Waals surface area contributed by atoms with Gasteiger partial charge in [-0.15, -0.1) is 0 Å². The summed E-state index contributed by atoms with van der Waals surface area (Å²) in [7, 11) is 0. The van der Waals surface area contributed by atoms with Crippen molar-refractivity contribution in [3.8, 4) is 35.0 Å². The lowest BCUT2D eigenvalue weighted by molar-refractivity contribution is 0.125. The van der Waals surface area contributed by atoms with Gasteiger partial charge in [0.25, 0.3) is 0 Å². The highest BCUT2D eigenvalue weighted by Gasteiger charge is 2.34. The average Bonchev–Trinajstić information content (AvgIpc) is 3.59. The first-order chi connectivity index (χ1) is 25.3. The van der Waals surface area contributed by atoms with E-state index in [2.05, 4.69) is 12.2 Å². The van der Waals surface area contributed by atoms with E-state index in [4.69, 9.17) is 9.47 Å². The molecule has 2 heterocycles. The molecule has 2 aromatic heterocycles. The molecule has 2 aliphatic rings. The van der Waals surface area contributed by atoms with Gasteiger partial charge < -0.3 is 35.0 Å². The Hall–Kier alpha value is -5.54. The van der Waals surface area contributed by atoms with Crippen molar-refractivity contribution in [3.63, 3.8) is 0 Å². The molecule has 5 aromatic rings. The fourth-order valence-electron chi connectivity index (χ4n) is 7.85. The predicted octanol–water partition coefficient (Wildman–Crippen LogP) is 7.77. The zero-order valence-corrected chi connectivity index (χ0v) is 29.6. The number of benzene rings is 3. The Kier molecular flexibility index (Phi) is 9.79. The molecule has 2 unspecified atom stereocenters. The normalized spacial score (nSPS) is 17.4.